The number of carbonyl (C=O) groups excluding carboxylic acids is 1. The maximum Gasteiger partial charge on any atom is 0.109 e. The van der Waals surface area contributed by atoms with Gasteiger partial charge in [0.25, 0.3) is 0 Å². The van der Waals surface area contributed by atoms with Gasteiger partial charge in [-0.25, -0.2) is 0 Å². The molecule has 0 aliphatic rings. The van der Waals surface area contributed by atoms with Gasteiger partial charge in [-0.3, -0.25) is 0 Å². The van der Waals surface area contributed by atoms with Crippen LogP contribution in [0.4, 0.5) is 0 Å². The largest absolute Gasteiger partial charge is 0.548 e. The summed E-state index contributed by atoms with van der Waals surface area (Å²) in [5.41, 5.74) is 5.21. The number of nitrogens with two attached hydrogens (primary N) is 1. The van der Waals surface area contributed by atoms with Crippen molar-refractivity contribution in [2.24, 2.45) is 5.73 Å². The van der Waals surface area contributed by atoms with E-state index < -0.39 is 12.0 Å². The van der Waals surface area contributed by atoms with E-state index in [4.69, 9.17) is 5.73 Å². The molecule has 60 valence electrons. The van der Waals surface area contributed by atoms with Crippen LogP contribution in [0.25, 0.3) is 0 Å². The summed E-state index contributed by atoms with van der Waals surface area (Å²) in [5, 5.41) is 10.1. The SMILES string of the molecule is C[S+](C)CCC(N)C(=O)[O-]. The smallest absolute Gasteiger partial charge is 0.109 e. The highest BCUT2D eigenvalue weighted by Crippen LogP contribution is 1.92. The molecule has 0 fully saturated rings. The summed E-state index contributed by atoms with van der Waals surface area (Å²) in [6.07, 6.45) is 4.64. The predicted molar refractivity (Wildman–Crippen MR) is 41.7 cm³/mol. The van der Waals surface area contributed by atoms with Crippen molar-refractivity contribution >= 4 is 16.9 Å². The normalized spacial score (nSPS) is 13.6. The number of aliphatic carboxylic acids is 1. The maximum absolute atomic E-state index is 10.1. The second-order valence-corrected chi connectivity index (χ2v) is 4.78. The average molecular weight is 163 g/mol. The van der Waals surface area contributed by atoms with Gasteiger partial charge in [0.1, 0.15) is 5.75 Å². The average Bonchev–Trinajstić information content (AvgIpc) is 1.82. The van der Waals surface area contributed by atoms with Gasteiger partial charge in [-0.05, 0) is 10.9 Å². The van der Waals surface area contributed by atoms with Crippen LogP contribution in [0.3, 0.4) is 0 Å². The molecule has 0 saturated carbocycles. The molecule has 0 aromatic carbocycles. The number of carboxylic acids is 1. The first-order valence-corrected chi connectivity index (χ1v) is 5.25. The molecule has 0 amide bonds. The van der Waals surface area contributed by atoms with Crippen molar-refractivity contribution in [2.75, 3.05) is 18.3 Å². The third kappa shape index (κ3) is 4.64. The fourth-order valence-electron chi connectivity index (χ4n) is 0.481. The van der Waals surface area contributed by atoms with Crippen molar-refractivity contribution in [1.29, 1.82) is 0 Å². The Hall–Kier alpha value is -0.220. The Balaban J connectivity index is 3.40. The Morgan fingerprint density at radius 3 is 2.50 bits per heavy atom. The quantitative estimate of drug-likeness (QED) is 0.504. The molecular formula is C6H13NO2S. The molecule has 4 heteroatoms. The van der Waals surface area contributed by atoms with Crippen molar-refractivity contribution in [3.05, 3.63) is 0 Å². The summed E-state index contributed by atoms with van der Waals surface area (Å²) < 4.78 is 0. The number of carbonyl (C=O) groups is 1. The van der Waals surface area contributed by atoms with Crippen LogP contribution in [0.1, 0.15) is 6.42 Å². The van der Waals surface area contributed by atoms with Gasteiger partial charge < -0.3 is 15.6 Å². The number of rotatable bonds is 4. The monoisotopic (exact) mass is 163 g/mol. The van der Waals surface area contributed by atoms with E-state index in [0.29, 0.717) is 6.42 Å². The molecule has 2 N–H and O–H groups in total. The summed E-state index contributed by atoms with van der Waals surface area (Å²) >= 11 is 0. The zero-order chi connectivity index (χ0) is 8.15. The molecule has 0 aliphatic carbocycles. The molecule has 1 atom stereocenters. The standard InChI is InChI=1S/C6H13NO2S/c1-10(2)4-3-5(7)6(8)9/h5H,3-4,7H2,1-2H3. The molecular weight excluding hydrogens is 150 g/mol. The summed E-state index contributed by atoms with van der Waals surface area (Å²) in [4.78, 5) is 10.1. The Labute approximate surface area is 64.0 Å². The minimum absolute atomic E-state index is 0.276. The molecule has 0 radical (unpaired) electrons. The van der Waals surface area contributed by atoms with Crippen LogP contribution in [0.2, 0.25) is 0 Å². The Morgan fingerprint density at radius 2 is 2.20 bits per heavy atom. The van der Waals surface area contributed by atoms with Crippen molar-refractivity contribution in [3.8, 4) is 0 Å². The first-order chi connectivity index (χ1) is 4.54. The highest BCUT2D eigenvalue weighted by atomic mass is 32.2. The van der Waals surface area contributed by atoms with E-state index in [1.807, 2.05) is 0 Å². The van der Waals surface area contributed by atoms with Crippen molar-refractivity contribution in [1.82, 2.24) is 0 Å². The van der Waals surface area contributed by atoms with Gasteiger partial charge in [0.2, 0.25) is 0 Å². The third-order valence-corrected chi connectivity index (χ3v) is 2.19. The van der Waals surface area contributed by atoms with Crippen LogP contribution in [0.5, 0.6) is 0 Å². The molecule has 10 heavy (non-hydrogen) atoms. The molecule has 0 aromatic rings. The maximum atomic E-state index is 10.1. The van der Waals surface area contributed by atoms with Gasteiger partial charge in [-0.2, -0.15) is 0 Å². The zero-order valence-electron chi connectivity index (χ0n) is 6.29. The number of hydrogen-bond acceptors (Lipinski definition) is 3. The van der Waals surface area contributed by atoms with E-state index in [1.54, 1.807) is 0 Å². The van der Waals surface area contributed by atoms with E-state index in [9.17, 15) is 9.90 Å². The highest BCUT2D eigenvalue weighted by Gasteiger charge is 2.08. The van der Waals surface area contributed by atoms with Gasteiger partial charge in [-0.15, -0.1) is 0 Å². The van der Waals surface area contributed by atoms with Gasteiger partial charge in [0.15, 0.2) is 0 Å². The van der Waals surface area contributed by atoms with Crippen molar-refractivity contribution < 1.29 is 9.90 Å². The summed E-state index contributed by atoms with van der Waals surface area (Å²) in [7, 11) is 0.276. The first-order valence-electron chi connectivity index (χ1n) is 3.04. The summed E-state index contributed by atoms with van der Waals surface area (Å²) in [6, 6.07) is -0.783. The third-order valence-electron chi connectivity index (χ3n) is 1.14. The lowest BCUT2D eigenvalue weighted by molar-refractivity contribution is -0.307. The van der Waals surface area contributed by atoms with E-state index in [2.05, 4.69) is 12.5 Å². The highest BCUT2D eigenvalue weighted by molar-refractivity contribution is 7.95. The number of carboxylic acid groups (broad SMARTS) is 1. The van der Waals surface area contributed by atoms with Gasteiger partial charge in [0.05, 0.1) is 18.5 Å². The minimum Gasteiger partial charge on any atom is -0.548 e. The Kier molecular flexibility index (Phi) is 4.47. The van der Waals surface area contributed by atoms with E-state index >= 15 is 0 Å². The van der Waals surface area contributed by atoms with Crippen molar-refractivity contribution in [2.45, 2.75) is 12.5 Å². The lowest BCUT2D eigenvalue weighted by atomic mass is 10.2. The van der Waals surface area contributed by atoms with Crippen LogP contribution in [-0.4, -0.2) is 30.3 Å². The van der Waals surface area contributed by atoms with E-state index in [-0.39, 0.29) is 10.9 Å². The molecule has 0 aliphatic heterocycles. The molecule has 0 saturated heterocycles. The Bertz CT molecular complexity index is 116. The summed E-state index contributed by atoms with van der Waals surface area (Å²) in [6.45, 7) is 0. The van der Waals surface area contributed by atoms with Gasteiger partial charge in [0, 0.05) is 12.5 Å². The molecule has 0 bridgehead atoms. The summed E-state index contributed by atoms with van der Waals surface area (Å²) in [5.74, 6) is -0.278. The van der Waals surface area contributed by atoms with Crippen LogP contribution in [0.15, 0.2) is 0 Å². The molecule has 0 heterocycles. The zero-order valence-corrected chi connectivity index (χ0v) is 7.11. The van der Waals surface area contributed by atoms with Crippen LogP contribution >= 0.6 is 0 Å². The van der Waals surface area contributed by atoms with Crippen LogP contribution < -0.4 is 10.8 Å². The van der Waals surface area contributed by atoms with E-state index in [1.165, 1.54) is 0 Å². The second kappa shape index (κ2) is 4.57. The topological polar surface area (TPSA) is 66.2 Å². The lowest BCUT2D eigenvalue weighted by Gasteiger charge is -2.09. The fourth-order valence-corrected chi connectivity index (χ4v) is 1.21. The fraction of sp³-hybridized carbons (Fsp3) is 0.833. The van der Waals surface area contributed by atoms with Crippen LogP contribution in [0, 0.1) is 0 Å². The van der Waals surface area contributed by atoms with Crippen LogP contribution in [-0.2, 0) is 15.7 Å². The van der Waals surface area contributed by atoms with E-state index in [0.717, 1.165) is 5.75 Å². The van der Waals surface area contributed by atoms with Crippen molar-refractivity contribution in [3.63, 3.8) is 0 Å². The lowest BCUT2D eigenvalue weighted by Crippen LogP contribution is -2.42. The predicted octanol–water partition coefficient (Wildman–Crippen LogP) is -1.67. The Morgan fingerprint density at radius 1 is 1.70 bits per heavy atom. The first kappa shape index (κ1) is 9.78. The minimum atomic E-state index is -1.15. The molecule has 1 unspecified atom stereocenters. The molecule has 0 spiro atoms. The molecule has 0 aromatic heterocycles. The molecule has 0 rings (SSSR count). The second-order valence-electron chi connectivity index (χ2n) is 2.40. The van der Waals surface area contributed by atoms with Gasteiger partial charge >= 0.3 is 0 Å². The molecule has 3 nitrogen and oxygen atoms in total. The van der Waals surface area contributed by atoms with Gasteiger partial charge in [-0.1, -0.05) is 0 Å². The number of hydrogen-bond donors (Lipinski definition) is 1.